The lowest BCUT2D eigenvalue weighted by molar-refractivity contribution is 0.0279. The Morgan fingerprint density at radius 3 is 1.75 bits per heavy atom. The number of aliphatic hydroxyl groups is 1. The molecule has 6 nitrogen and oxygen atoms in total. The second-order valence-electron chi connectivity index (χ2n) is 11.5. The molecule has 1 aromatic heterocycles. The molecule has 220 valence electrons. The lowest BCUT2D eigenvalue weighted by atomic mass is 9.76. The molecular formula is C38H36N4O2. The van der Waals surface area contributed by atoms with Crippen molar-refractivity contribution in [1.29, 1.82) is 0 Å². The van der Waals surface area contributed by atoms with Crippen LogP contribution in [0.15, 0.2) is 140 Å². The maximum Gasteiger partial charge on any atom is 0.318 e. The molecule has 2 amide bonds. The van der Waals surface area contributed by atoms with E-state index in [9.17, 15) is 9.90 Å². The minimum absolute atomic E-state index is 0.192. The van der Waals surface area contributed by atoms with E-state index in [0.29, 0.717) is 11.4 Å². The second-order valence-corrected chi connectivity index (χ2v) is 11.5. The number of anilines is 1. The Kier molecular flexibility index (Phi) is 7.53. The van der Waals surface area contributed by atoms with Gasteiger partial charge in [-0.2, -0.15) is 0 Å². The van der Waals surface area contributed by atoms with Crippen molar-refractivity contribution in [3.05, 3.63) is 168 Å². The van der Waals surface area contributed by atoms with Gasteiger partial charge in [-0.25, -0.2) is 9.78 Å². The van der Waals surface area contributed by atoms with Gasteiger partial charge in [0.1, 0.15) is 11.1 Å². The van der Waals surface area contributed by atoms with Crippen LogP contribution < -0.4 is 10.6 Å². The summed E-state index contributed by atoms with van der Waals surface area (Å²) in [7, 11) is 1.64. The first-order valence-corrected chi connectivity index (χ1v) is 14.8. The number of amides is 2. The standard InChI is InChI=1S/C38H36N4O2/c1-27(2)38(44,33-21-19-29-24-34(41(3)36(39)43)22-20-28(29)23-33)35-25-42(26-40-35)37(30-13-7-4-8-14-30,31-15-9-5-10-16-31)32-17-11-6-12-18-32/h4-27,44H,1-3H3,(H2,39,43). The van der Waals surface area contributed by atoms with Crippen molar-refractivity contribution in [2.24, 2.45) is 11.7 Å². The van der Waals surface area contributed by atoms with Crippen LogP contribution in [-0.2, 0) is 11.1 Å². The number of aromatic nitrogens is 2. The van der Waals surface area contributed by atoms with Crippen LogP contribution in [0.3, 0.4) is 0 Å². The number of urea groups is 1. The van der Waals surface area contributed by atoms with Crippen molar-refractivity contribution >= 4 is 22.5 Å². The first-order chi connectivity index (χ1) is 21.3. The molecule has 3 N–H and O–H groups in total. The third-order valence-corrected chi connectivity index (χ3v) is 8.75. The van der Waals surface area contributed by atoms with E-state index in [1.807, 2.05) is 81.0 Å². The normalized spacial score (nSPS) is 13.1. The van der Waals surface area contributed by atoms with Crippen LogP contribution in [0.1, 0.15) is 41.8 Å². The van der Waals surface area contributed by atoms with Gasteiger partial charge in [0.05, 0.1) is 12.0 Å². The highest BCUT2D eigenvalue weighted by Crippen LogP contribution is 2.43. The number of primary amides is 1. The van der Waals surface area contributed by atoms with Gasteiger partial charge in [-0.15, -0.1) is 0 Å². The average molecular weight is 581 g/mol. The predicted octanol–water partition coefficient (Wildman–Crippen LogP) is 7.28. The second kappa shape index (κ2) is 11.5. The van der Waals surface area contributed by atoms with Crippen LogP contribution in [0.5, 0.6) is 0 Å². The lowest BCUT2D eigenvalue weighted by Crippen LogP contribution is -2.37. The van der Waals surface area contributed by atoms with Crippen molar-refractivity contribution in [2.75, 3.05) is 11.9 Å². The Labute approximate surface area is 258 Å². The van der Waals surface area contributed by atoms with E-state index >= 15 is 0 Å². The van der Waals surface area contributed by atoms with Crippen molar-refractivity contribution in [3.8, 4) is 0 Å². The number of carbonyl (C=O) groups excluding carboxylic acids is 1. The summed E-state index contributed by atoms with van der Waals surface area (Å²) < 4.78 is 2.13. The van der Waals surface area contributed by atoms with Crippen LogP contribution in [0.4, 0.5) is 10.5 Å². The number of nitrogens with two attached hydrogens (primary N) is 1. The predicted molar refractivity (Wildman–Crippen MR) is 177 cm³/mol. The van der Waals surface area contributed by atoms with Crippen molar-refractivity contribution in [3.63, 3.8) is 0 Å². The molecule has 1 heterocycles. The minimum Gasteiger partial charge on any atom is -0.378 e. The molecule has 0 aliphatic rings. The molecular weight excluding hydrogens is 544 g/mol. The van der Waals surface area contributed by atoms with E-state index in [0.717, 1.165) is 33.0 Å². The summed E-state index contributed by atoms with van der Waals surface area (Å²) >= 11 is 0. The quantitative estimate of drug-likeness (QED) is 0.186. The summed E-state index contributed by atoms with van der Waals surface area (Å²) in [6, 6.07) is 42.3. The third kappa shape index (κ3) is 4.74. The molecule has 0 bridgehead atoms. The number of hydrogen-bond donors (Lipinski definition) is 2. The molecule has 6 aromatic rings. The molecule has 0 fully saturated rings. The van der Waals surface area contributed by atoms with Gasteiger partial charge in [-0.05, 0) is 57.1 Å². The van der Waals surface area contributed by atoms with Gasteiger partial charge < -0.3 is 15.4 Å². The van der Waals surface area contributed by atoms with Gasteiger partial charge >= 0.3 is 6.03 Å². The smallest absolute Gasteiger partial charge is 0.318 e. The molecule has 44 heavy (non-hydrogen) atoms. The number of carbonyl (C=O) groups is 1. The van der Waals surface area contributed by atoms with E-state index in [1.165, 1.54) is 4.90 Å². The molecule has 1 unspecified atom stereocenters. The minimum atomic E-state index is -1.38. The Morgan fingerprint density at radius 1 is 0.750 bits per heavy atom. The molecule has 6 rings (SSSR count). The van der Waals surface area contributed by atoms with Gasteiger partial charge in [0, 0.05) is 18.9 Å². The Hall–Kier alpha value is -5.20. The summed E-state index contributed by atoms with van der Waals surface area (Å²) in [6.07, 6.45) is 3.82. The fourth-order valence-electron chi connectivity index (χ4n) is 6.27. The van der Waals surface area contributed by atoms with Gasteiger partial charge in [-0.1, -0.05) is 123 Å². The lowest BCUT2D eigenvalue weighted by Gasteiger charge is -2.37. The van der Waals surface area contributed by atoms with E-state index < -0.39 is 17.2 Å². The van der Waals surface area contributed by atoms with Crippen LogP contribution in [-0.4, -0.2) is 27.7 Å². The number of rotatable bonds is 8. The van der Waals surface area contributed by atoms with Crippen molar-refractivity contribution in [2.45, 2.75) is 25.0 Å². The molecule has 6 heteroatoms. The van der Waals surface area contributed by atoms with Gasteiger partial charge in [-0.3, -0.25) is 4.90 Å². The Balaban J connectivity index is 1.53. The number of fused-ring (bicyclic) bond motifs is 1. The van der Waals surface area contributed by atoms with Crippen molar-refractivity contribution in [1.82, 2.24) is 9.55 Å². The highest BCUT2D eigenvalue weighted by atomic mass is 16.3. The van der Waals surface area contributed by atoms with Crippen LogP contribution >= 0.6 is 0 Å². The first kappa shape index (κ1) is 28.9. The summed E-state index contributed by atoms with van der Waals surface area (Å²) in [6.45, 7) is 4.01. The molecule has 1 atom stereocenters. The zero-order valence-electron chi connectivity index (χ0n) is 25.1. The number of imidazole rings is 1. The summed E-state index contributed by atoms with van der Waals surface area (Å²) in [4.78, 5) is 18.0. The summed E-state index contributed by atoms with van der Waals surface area (Å²) in [5, 5.41) is 14.4. The largest absolute Gasteiger partial charge is 0.378 e. The molecule has 0 aliphatic carbocycles. The first-order valence-electron chi connectivity index (χ1n) is 14.8. The molecule has 0 saturated carbocycles. The maximum atomic E-state index is 12.6. The molecule has 0 saturated heterocycles. The van der Waals surface area contributed by atoms with E-state index in [2.05, 4.69) is 77.4 Å². The summed E-state index contributed by atoms with van der Waals surface area (Å²) in [5.41, 5.74) is 8.61. The van der Waals surface area contributed by atoms with E-state index in [4.69, 9.17) is 10.7 Å². The maximum absolute atomic E-state index is 12.6. The van der Waals surface area contributed by atoms with E-state index in [-0.39, 0.29) is 5.92 Å². The zero-order chi connectivity index (χ0) is 30.9. The monoisotopic (exact) mass is 580 g/mol. The van der Waals surface area contributed by atoms with Crippen LogP contribution in [0, 0.1) is 5.92 Å². The highest BCUT2D eigenvalue weighted by Gasteiger charge is 2.42. The van der Waals surface area contributed by atoms with Crippen LogP contribution in [0.2, 0.25) is 0 Å². The van der Waals surface area contributed by atoms with Crippen molar-refractivity contribution < 1.29 is 9.90 Å². The zero-order valence-corrected chi connectivity index (χ0v) is 25.1. The number of nitrogens with zero attached hydrogens (tertiary/aromatic N) is 3. The van der Waals surface area contributed by atoms with Gasteiger partial charge in [0.25, 0.3) is 0 Å². The number of hydrogen-bond acceptors (Lipinski definition) is 3. The topological polar surface area (TPSA) is 84.4 Å². The summed E-state index contributed by atoms with van der Waals surface area (Å²) in [5.74, 6) is -0.192. The Morgan fingerprint density at radius 2 is 1.25 bits per heavy atom. The average Bonchev–Trinajstić information content (AvgIpc) is 3.56. The third-order valence-electron chi connectivity index (χ3n) is 8.75. The van der Waals surface area contributed by atoms with Crippen LogP contribution in [0.25, 0.3) is 10.8 Å². The highest BCUT2D eigenvalue weighted by molar-refractivity contribution is 5.94. The number of benzene rings is 5. The fourth-order valence-corrected chi connectivity index (χ4v) is 6.27. The Bertz CT molecular complexity index is 1810. The molecule has 0 spiro atoms. The molecule has 0 aliphatic heterocycles. The molecule has 0 radical (unpaired) electrons. The van der Waals surface area contributed by atoms with Gasteiger partial charge in [0.15, 0.2) is 0 Å². The SMILES string of the molecule is CC(C)C(O)(c1ccc2cc(N(C)C(N)=O)ccc2c1)c1cn(C(c2ccccc2)(c2ccccc2)c2ccccc2)cn1. The van der Waals surface area contributed by atoms with E-state index in [1.54, 1.807) is 7.05 Å². The molecule has 5 aromatic carbocycles. The van der Waals surface area contributed by atoms with Gasteiger partial charge in [0.2, 0.25) is 0 Å². The fraction of sp³-hybridized carbons (Fsp3) is 0.158.